The van der Waals surface area contributed by atoms with Gasteiger partial charge in [-0.1, -0.05) is 54.6 Å². The summed E-state index contributed by atoms with van der Waals surface area (Å²) in [7, 11) is 0. The Bertz CT molecular complexity index is 510. The molecule has 0 spiro atoms. The van der Waals surface area contributed by atoms with Crippen LogP contribution in [0, 0.1) is 0 Å². The molecule has 2 atom stereocenters. The predicted molar refractivity (Wildman–Crippen MR) is 81.4 cm³/mol. The fraction of sp³-hybridized carbons (Fsp3) is 0.250. The number of benzene rings is 2. The number of nitrogens with one attached hydrogen (secondary N) is 1. The molecule has 0 saturated carbocycles. The van der Waals surface area contributed by atoms with Crippen LogP contribution in [0.4, 0.5) is 0 Å². The monoisotopic (exact) mass is 303 g/mol. The van der Waals surface area contributed by atoms with Gasteiger partial charge in [-0.25, -0.2) is 0 Å². The molecule has 2 unspecified atom stereocenters. The quantitative estimate of drug-likeness (QED) is 0.843. The minimum absolute atomic E-state index is 0. The average Bonchev–Trinajstić information content (AvgIpc) is 2.39. The van der Waals surface area contributed by atoms with Gasteiger partial charge in [0.15, 0.2) is 0 Å². The van der Waals surface area contributed by atoms with E-state index in [4.69, 9.17) is 0 Å². The smallest absolute Gasteiger partial charge is 0.0244 e. The Morgan fingerprint density at radius 2 is 1.61 bits per heavy atom. The summed E-state index contributed by atoms with van der Waals surface area (Å²) in [5.41, 5.74) is 4.31. The SMILES string of the molecule is Br.CC1NCc2ccccc2C1c1ccccc1. The summed E-state index contributed by atoms with van der Waals surface area (Å²) in [5, 5.41) is 3.59. The zero-order valence-electron chi connectivity index (χ0n) is 10.5. The molecule has 3 rings (SSSR count). The molecule has 1 aliphatic heterocycles. The van der Waals surface area contributed by atoms with Gasteiger partial charge in [-0.2, -0.15) is 0 Å². The first kappa shape index (κ1) is 13.3. The van der Waals surface area contributed by atoms with Crippen LogP contribution in [0.15, 0.2) is 54.6 Å². The summed E-state index contributed by atoms with van der Waals surface area (Å²) in [5.74, 6) is 0.473. The van der Waals surface area contributed by atoms with Crippen molar-refractivity contribution in [3.63, 3.8) is 0 Å². The topological polar surface area (TPSA) is 12.0 Å². The Morgan fingerprint density at radius 3 is 2.39 bits per heavy atom. The largest absolute Gasteiger partial charge is 0.309 e. The van der Waals surface area contributed by atoms with Gasteiger partial charge in [0.05, 0.1) is 0 Å². The Labute approximate surface area is 119 Å². The highest BCUT2D eigenvalue weighted by Crippen LogP contribution is 2.33. The van der Waals surface area contributed by atoms with Gasteiger partial charge >= 0.3 is 0 Å². The second-order valence-electron chi connectivity index (χ2n) is 4.76. The molecule has 1 heterocycles. The molecule has 0 fully saturated rings. The Hall–Kier alpha value is -1.12. The number of hydrogen-bond donors (Lipinski definition) is 1. The van der Waals surface area contributed by atoms with Gasteiger partial charge < -0.3 is 5.32 Å². The van der Waals surface area contributed by atoms with Crippen LogP contribution in [0.1, 0.15) is 29.5 Å². The summed E-state index contributed by atoms with van der Waals surface area (Å²) in [4.78, 5) is 0. The van der Waals surface area contributed by atoms with E-state index in [0.29, 0.717) is 12.0 Å². The number of hydrogen-bond acceptors (Lipinski definition) is 1. The molecule has 0 saturated heterocycles. The molecule has 0 radical (unpaired) electrons. The summed E-state index contributed by atoms with van der Waals surface area (Å²) in [6.45, 7) is 3.26. The van der Waals surface area contributed by atoms with Crippen molar-refractivity contribution in [2.75, 3.05) is 0 Å². The molecular weight excluding hydrogens is 286 g/mol. The minimum atomic E-state index is 0. The Balaban J connectivity index is 0.00000120. The van der Waals surface area contributed by atoms with Crippen molar-refractivity contribution in [2.24, 2.45) is 0 Å². The Morgan fingerprint density at radius 1 is 0.944 bits per heavy atom. The highest BCUT2D eigenvalue weighted by atomic mass is 79.9. The van der Waals surface area contributed by atoms with Crippen LogP contribution in [0.2, 0.25) is 0 Å². The third-order valence-corrected chi connectivity index (χ3v) is 3.66. The molecule has 0 aliphatic carbocycles. The van der Waals surface area contributed by atoms with Gasteiger partial charge in [0, 0.05) is 18.5 Å². The minimum Gasteiger partial charge on any atom is -0.309 e. The van der Waals surface area contributed by atoms with Crippen LogP contribution >= 0.6 is 17.0 Å². The summed E-state index contributed by atoms with van der Waals surface area (Å²) in [6, 6.07) is 20.0. The van der Waals surface area contributed by atoms with Crippen molar-refractivity contribution >= 4 is 17.0 Å². The van der Waals surface area contributed by atoms with Crippen molar-refractivity contribution < 1.29 is 0 Å². The highest BCUT2D eigenvalue weighted by Gasteiger charge is 2.26. The van der Waals surface area contributed by atoms with Crippen LogP contribution in [0.25, 0.3) is 0 Å². The van der Waals surface area contributed by atoms with E-state index < -0.39 is 0 Å². The fourth-order valence-electron chi connectivity index (χ4n) is 2.79. The van der Waals surface area contributed by atoms with Gasteiger partial charge in [0.1, 0.15) is 0 Å². The van der Waals surface area contributed by atoms with Crippen LogP contribution in [0.5, 0.6) is 0 Å². The maximum atomic E-state index is 3.59. The predicted octanol–water partition coefficient (Wildman–Crippen LogP) is 3.89. The molecule has 2 aromatic rings. The van der Waals surface area contributed by atoms with Gasteiger partial charge in [-0.3, -0.25) is 0 Å². The molecule has 0 aromatic heterocycles. The molecule has 1 N–H and O–H groups in total. The normalized spacial score (nSPS) is 21.8. The Kier molecular flexibility index (Phi) is 4.20. The first-order valence-electron chi connectivity index (χ1n) is 6.22. The number of fused-ring (bicyclic) bond motifs is 1. The van der Waals surface area contributed by atoms with Gasteiger partial charge in [0.25, 0.3) is 0 Å². The third-order valence-electron chi connectivity index (χ3n) is 3.66. The van der Waals surface area contributed by atoms with Gasteiger partial charge in [-0.15, -0.1) is 17.0 Å². The molecule has 18 heavy (non-hydrogen) atoms. The van der Waals surface area contributed by atoms with E-state index in [0.717, 1.165) is 6.54 Å². The van der Waals surface area contributed by atoms with E-state index >= 15 is 0 Å². The first-order chi connectivity index (χ1) is 8.36. The second-order valence-corrected chi connectivity index (χ2v) is 4.76. The van der Waals surface area contributed by atoms with Crippen LogP contribution < -0.4 is 5.32 Å². The summed E-state index contributed by atoms with van der Waals surface area (Å²) in [6.07, 6.45) is 0. The fourth-order valence-corrected chi connectivity index (χ4v) is 2.79. The third kappa shape index (κ3) is 2.36. The maximum absolute atomic E-state index is 3.59. The van der Waals surface area contributed by atoms with Gasteiger partial charge in [0.2, 0.25) is 0 Å². The second kappa shape index (κ2) is 5.68. The maximum Gasteiger partial charge on any atom is 0.0244 e. The van der Waals surface area contributed by atoms with Crippen molar-refractivity contribution in [1.82, 2.24) is 5.32 Å². The van der Waals surface area contributed by atoms with Crippen LogP contribution in [0.3, 0.4) is 0 Å². The van der Waals surface area contributed by atoms with E-state index in [1.165, 1.54) is 16.7 Å². The zero-order chi connectivity index (χ0) is 11.7. The number of halogens is 1. The highest BCUT2D eigenvalue weighted by molar-refractivity contribution is 8.93. The lowest BCUT2D eigenvalue weighted by atomic mass is 9.81. The lowest BCUT2D eigenvalue weighted by molar-refractivity contribution is 0.466. The van der Waals surface area contributed by atoms with E-state index in [1.54, 1.807) is 0 Å². The molecule has 1 nitrogen and oxygen atoms in total. The van der Waals surface area contributed by atoms with Crippen molar-refractivity contribution in [3.05, 3.63) is 71.3 Å². The van der Waals surface area contributed by atoms with Crippen LogP contribution in [-0.2, 0) is 6.54 Å². The van der Waals surface area contributed by atoms with E-state index in [9.17, 15) is 0 Å². The molecule has 0 amide bonds. The molecule has 2 heteroatoms. The lowest BCUT2D eigenvalue weighted by Gasteiger charge is -2.32. The first-order valence-corrected chi connectivity index (χ1v) is 6.22. The summed E-state index contributed by atoms with van der Waals surface area (Å²) >= 11 is 0. The van der Waals surface area contributed by atoms with E-state index in [2.05, 4.69) is 66.8 Å². The molecule has 0 bridgehead atoms. The van der Waals surface area contributed by atoms with Crippen molar-refractivity contribution in [3.8, 4) is 0 Å². The molecular formula is C16H18BrN. The lowest BCUT2D eigenvalue weighted by Crippen LogP contribution is -2.37. The standard InChI is InChI=1S/C16H17N.BrH/c1-12-16(13-7-3-2-4-8-13)15-10-6-5-9-14(15)11-17-12;/h2-10,12,16-17H,11H2,1H3;1H. The molecule has 1 aliphatic rings. The van der Waals surface area contributed by atoms with Crippen molar-refractivity contribution in [2.45, 2.75) is 25.4 Å². The van der Waals surface area contributed by atoms with E-state index in [-0.39, 0.29) is 17.0 Å². The van der Waals surface area contributed by atoms with Gasteiger partial charge in [-0.05, 0) is 23.6 Å². The average molecular weight is 304 g/mol. The zero-order valence-corrected chi connectivity index (χ0v) is 12.2. The summed E-state index contributed by atoms with van der Waals surface area (Å²) < 4.78 is 0. The molecule has 94 valence electrons. The molecule has 2 aromatic carbocycles. The van der Waals surface area contributed by atoms with Crippen LogP contribution in [-0.4, -0.2) is 6.04 Å². The van der Waals surface area contributed by atoms with Crippen molar-refractivity contribution in [1.29, 1.82) is 0 Å². The van der Waals surface area contributed by atoms with E-state index in [1.807, 2.05) is 0 Å². The number of rotatable bonds is 1.